The van der Waals surface area contributed by atoms with Gasteiger partial charge in [0.2, 0.25) is 10.0 Å². The van der Waals surface area contributed by atoms with Crippen molar-refractivity contribution in [1.82, 2.24) is 24.3 Å². The van der Waals surface area contributed by atoms with Crippen molar-refractivity contribution in [3.8, 4) is 22.5 Å². The van der Waals surface area contributed by atoms with Crippen LogP contribution in [0.2, 0.25) is 0 Å². The van der Waals surface area contributed by atoms with Crippen LogP contribution in [0, 0.1) is 5.82 Å². The standard InChI is InChI=1S/C18H20FN5O2S/c1-27(25,26)23-8-6-14(7-9-23)24-12-13(11-20-24)17-10-18(22-21-17)15-4-2-3-5-16(15)19/h2-5,10-12,14H,6-9H2,1H3,(H,21,22). The van der Waals surface area contributed by atoms with Gasteiger partial charge in [0, 0.05) is 30.4 Å². The topological polar surface area (TPSA) is 83.9 Å². The van der Waals surface area contributed by atoms with Crippen LogP contribution in [0.25, 0.3) is 22.5 Å². The van der Waals surface area contributed by atoms with Gasteiger partial charge in [-0.3, -0.25) is 9.78 Å². The molecule has 3 heterocycles. The highest BCUT2D eigenvalue weighted by Crippen LogP contribution is 2.28. The normalized spacial score (nSPS) is 16.7. The molecule has 0 spiro atoms. The fraction of sp³-hybridized carbons (Fsp3) is 0.333. The monoisotopic (exact) mass is 389 g/mol. The molecule has 1 aliphatic heterocycles. The molecule has 1 aliphatic rings. The molecule has 0 bridgehead atoms. The largest absolute Gasteiger partial charge is 0.277 e. The van der Waals surface area contributed by atoms with Gasteiger partial charge in [0.25, 0.3) is 0 Å². The van der Waals surface area contributed by atoms with Gasteiger partial charge in [0.15, 0.2) is 0 Å². The molecule has 0 atom stereocenters. The van der Waals surface area contributed by atoms with Gasteiger partial charge in [-0.25, -0.2) is 17.1 Å². The zero-order valence-electron chi connectivity index (χ0n) is 14.8. The Labute approximate surface area is 156 Å². The van der Waals surface area contributed by atoms with Crippen LogP contribution in [0.3, 0.4) is 0 Å². The number of rotatable bonds is 4. The van der Waals surface area contributed by atoms with E-state index in [9.17, 15) is 12.8 Å². The second-order valence-electron chi connectivity index (χ2n) is 6.75. The van der Waals surface area contributed by atoms with E-state index in [4.69, 9.17) is 0 Å². The minimum Gasteiger partial charge on any atom is -0.277 e. The summed E-state index contributed by atoms with van der Waals surface area (Å²) in [6.07, 6.45) is 6.31. The van der Waals surface area contributed by atoms with Gasteiger partial charge in [0.05, 0.1) is 29.9 Å². The van der Waals surface area contributed by atoms with E-state index in [0.717, 1.165) is 18.4 Å². The minimum absolute atomic E-state index is 0.154. The molecular weight excluding hydrogens is 369 g/mol. The first-order valence-corrected chi connectivity index (χ1v) is 10.6. The Kier molecular flexibility index (Phi) is 4.56. The number of nitrogens with one attached hydrogen (secondary N) is 1. The molecule has 0 unspecified atom stereocenters. The van der Waals surface area contributed by atoms with E-state index in [-0.39, 0.29) is 11.9 Å². The summed E-state index contributed by atoms with van der Waals surface area (Å²) in [5.41, 5.74) is 2.60. The van der Waals surface area contributed by atoms with Crippen molar-refractivity contribution in [3.63, 3.8) is 0 Å². The van der Waals surface area contributed by atoms with Crippen LogP contribution >= 0.6 is 0 Å². The van der Waals surface area contributed by atoms with Crippen LogP contribution in [-0.2, 0) is 10.0 Å². The first-order valence-electron chi connectivity index (χ1n) is 8.72. The van der Waals surface area contributed by atoms with Gasteiger partial charge in [0.1, 0.15) is 5.82 Å². The molecule has 142 valence electrons. The van der Waals surface area contributed by atoms with E-state index in [0.29, 0.717) is 30.0 Å². The molecule has 0 amide bonds. The summed E-state index contributed by atoms with van der Waals surface area (Å²) >= 11 is 0. The van der Waals surface area contributed by atoms with Crippen molar-refractivity contribution < 1.29 is 12.8 Å². The Hall–Kier alpha value is -2.52. The first kappa shape index (κ1) is 17.9. The van der Waals surface area contributed by atoms with E-state index in [1.54, 1.807) is 30.5 Å². The molecule has 7 nitrogen and oxygen atoms in total. The van der Waals surface area contributed by atoms with Gasteiger partial charge in [-0.1, -0.05) is 12.1 Å². The van der Waals surface area contributed by atoms with E-state index in [1.165, 1.54) is 16.6 Å². The highest BCUT2D eigenvalue weighted by Gasteiger charge is 2.26. The molecule has 0 aliphatic carbocycles. The van der Waals surface area contributed by atoms with Crippen molar-refractivity contribution in [3.05, 3.63) is 48.5 Å². The number of halogens is 1. The van der Waals surface area contributed by atoms with Crippen molar-refractivity contribution in [2.45, 2.75) is 18.9 Å². The van der Waals surface area contributed by atoms with Crippen LogP contribution in [0.4, 0.5) is 4.39 Å². The quantitative estimate of drug-likeness (QED) is 0.744. The van der Waals surface area contributed by atoms with E-state index in [2.05, 4.69) is 15.3 Å². The Balaban J connectivity index is 1.50. The molecular formula is C18H20FN5O2S. The third-order valence-electron chi connectivity index (χ3n) is 4.91. The third kappa shape index (κ3) is 3.65. The Morgan fingerprint density at radius 1 is 1.22 bits per heavy atom. The number of nitrogens with zero attached hydrogens (tertiary/aromatic N) is 4. The number of piperidine rings is 1. The summed E-state index contributed by atoms with van der Waals surface area (Å²) in [7, 11) is -3.14. The number of aromatic amines is 1. The summed E-state index contributed by atoms with van der Waals surface area (Å²) in [6, 6.07) is 8.49. The number of H-pyrrole nitrogens is 1. The molecule has 0 saturated carbocycles. The third-order valence-corrected chi connectivity index (χ3v) is 6.21. The second kappa shape index (κ2) is 6.90. The second-order valence-corrected chi connectivity index (χ2v) is 8.73. The van der Waals surface area contributed by atoms with E-state index < -0.39 is 10.0 Å². The number of benzene rings is 1. The highest BCUT2D eigenvalue weighted by atomic mass is 32.2. The van der Waals surface area contributed by atoms with Gasteiger partial charge in [-0.15, -0.1) is 0 Å². The van der Waals surface area contributed by atoms with Gasteiger partial charge in [-0.2, -0.15) is 10.2 Å². The van der Waals surface area contributed by atoms with Crippen molar-refractivity contribution in [1.29, 1.82) is 0 Å². The highest BCUT2D eigenvalue weighted by molar-refractivity contribution is 7.88. The summed E-state index contributed by atoms with van der Waals surface area (Å²) in [4.78, 5) is 0. The molecule has 1 aromatic carbocycles. The number of hydrogen-bond acceptors (Lipinski definition) is 4. The number of aromatic nitrogens is 4. The van der Waals surface area contributed by atoms with E-state index >= 15 is 0 Å². The van der Waals surface area contributed by atoms with Gasteiger partial charge < -0.3 is 0 Å². The van der Waals surface area contributed by atoms with Crippen molar-refractivity contribution >= 4 is 10.0 Å². The van der Waals surface area contributed by atoms with Crippen molar-refractivity contribution in [2.75, 3.05) is 19.3 Å². The zero-order chi connectivity index (χ0) is 19.0. The molecule has 2 aromatic heterocycles. The summed E-state index contributed by atoms with van der Waals surface area (Å²) in [5.74, 6) is -0.305. The Morgan fingerprint density at radius 2 is 1.96 bits per heavy atom. The van der Waals surface area contributed by atoms with Crippen molar-refractivity contribution in [2.24, 2.45) is 0 Å². The predicted octanol–water partition coefficient (Wildman–Crippen LogP) is 2.68. The molecule has 1 fully saturated rings. The summed E-state index contributed by atoms with van der Waals surface area (Å²) in [5, 5.41) is 11.6. The maximum atomic E-state index is 13.9. The van der Waals surface area contributed by atoms with Gasteiger partial charge in [-0.05, 0) is 31.0 Å². The van der Waals surface area contributed by atoms with Crippen LogP contribution < -0.4 is 0 Å². The zero-order valence-corrected chi connectivity index (χ0v) is 15.7. The molecule has 9 heteroatoms. The first-order chi connectivity index (χ1) is 12.9. The van der Waals surface area contributed by atoms with Crippen LogP contribution in [0.1, 0.15) is 18.9 Å². The fourth-order valence-electron chi connectivity index (χ4n) is 3.40. The summed E-state index contributed by atoms with van der Waals surface area (Å²) in [6.45, 7) is 0.997. The average Bonchev–Trinajstić information content (AvgIpc) is 3.31. The molecule has 4 rings (SSSR count). The van der Waals surface area contributed by atoms with Crippen LogP contribution in [0.5, 0.6) is 0 Å². The van der Waals surface area contributed by atoms with Gasteiger partial charge >= 0.3 is 0 Å². The minimum atomic E-state index is -3.14. The Bertz CT molecular complexity index is 1050. The smallest absolute Gasteiger partial charge is 0.211 e. The molecule has 1 saturated heterocycles. The molecule has 3 aromatic rings. The number of sulfonamides is 1. The fourth-order valence-corrected chi connectivity index (χ4v) is 4.27. The molecule has 0 radical (unpaired) electrons. The number of hydrogen-bond donors (Lipinski definition) is 1. The van der Waals surface area contributed by atoms with Crippen LogP contribution in [0.15, 0.2) is 42.7 Å². The Morgan fingerprint density at radius 3 is 2.67 bits per heavy atom. The average molecular weight is 389 g/mol. The maximum absolute atomic E-state index is 13.9. The molecule has 27 heavy (non-hydrogen) atoms. The predicted molar refractivity (Wildman–Crippen MR) is 99.9 cm³/mol. The SMILES string of the molecule is CS(=O)(=O)N1CCC(n2cc(-c3cc(-c4ccccc4F)[nH]n3)cn2)CC1. The van der Waals surface area contributed by atoms with Crippen LogP contribution in [-0.4, -0.2) is 52.0 Å². The van der Waals surface area contributed by atoms with E-state index in [1.807, 2.05) is 10.9 Å². The molecule has 1 N–H and O–H groups in total. The maximum Gasteiger partial charge on any atom is 0.211 e. The lowest BCUT2D eigenvalue weighted by molar-refractivity contribution is 0.262. The lowest BCUT2D eigenvalue weighted by Crippen LogP contribution is -2.38. The lowest BCUT2D eigenvalue weighted by Gasteiger charge is -2.30. The summed E-state index contributed by atoms with van der Waals surface area (Å²) < 4.78 is 40.6. The lowest BCUT2D eigenvalue weighted by atomic mass is 10.1.